The van der Waals surface area contributed by atoms with Gasteiger partial charge in [0.15, 0.2) is 0 Å². The van der Waals surface area contributed by atoms with E-state index in [0.717, 1.165) is 23.7 Å². The Hall–Kier alpha value is -0.720. The first-order valence-corrected chi connectivity index (χ1v) is 7.14. The molecule has 0 saturated carbocycles. The van der Waals surface area contributed by atoms with Crippen LogP contribution in [0.3, 0.4) is 0 Å². The molecule has 0 aromatic carbocycles. The van der Waals surface area contributed by atoms with E-state index in [1.807, 2.05) is 0 Å². The van der Waals surface area contributed by atoms with Gasteiger partial charge >= 0.3 is 0 Å². The van der Waals surface area contributed by atoms with Crippen LogP contribution < -0.4 is 5.32 Å². The topological polar surface area (TPSA) is 12.0 Å². The number of nitrogens with one attached hydrogen (secondary N) is 1. The molecule has 0 rings (SSSR count). The first kappa shape index (κ1) is 16.3. The number of allylic oxidation sites excluding steroid dienone is 1. The maximum Gasteiger partial charge on any atom is 0.0296 e. The van der Waals surface area contributed by atoms with Gasteiger partial charge in [-0.3, -0.25) is 0 Å². The number of rotatable bonds is 10. The quantitative estimate of drug-likeness (QED) is 0.532. The van der Waals surface area contributed by atoms with Crippen LogP contribution in [0.2, 0.25) is 0 Å². The molecular formula is C16H31N. The molecule has 0 aromatic heterocycles. The Balaban J connectivity index is 3.87. The zero-order valence-corrected chi connectivity index (χ0v) is 12.3. The van der Waals surface area contributed by atoms with E-state index >= 15 is 0 Å². The molecule has 1 N–H and O–H groups in total. The fraction of sp³-hybridized carbons (Fsp3) is 0.750. The Morgan fingerprint density at radius 3 is 1.94 bits per heavy atom. The lowest BCUT2D eigenvalue weighted by atomic mass is 9.94. The number of hydrogen-bond donors (Lipinski definition) is 1. The van der Waals surface area contributed by atoms with E-state index in [2.05, 4.69) is 46.2 Å². The smallest absolute Gasteiger partial charge is 0.0296 e. The Morgan fingerprint density at radius 1 is 1.00 bits per heavy atom. The van der Waals surface area contributed by atoms with Gasteiger partial charge in [0.2, 0.25) is 0 Å². The largest absolute Gasteiger partial charge is 0.385 e. The molecule has 0 unspecified atom stereocenters. The van der Waals surface area contributed by atoms with Crippen molar-refractivity contribution in [1.82, 2.24) is 5.32 Å². The maximum atomic E-state index is 4.06. The molecule has 100 valence electrons. The van der Waals surface area contributed by atoms with E-state index in [1.165, 1.54) is 32.1 Å². The normalized spacial score (nSPS) is 10.9. The van der Waals surface area contributed by atoms with Crippen LogP contribution in [0.25, 0.3) is 0 Å². The lowest BCUT2D eigenvalue weighted by molar-refractivity contribution is 0.407. The molecule has 17 heavy (non-hydrogen) atoms. The summed E-state index contributed by atoms with van der Waals surface area (Å²) >= 11 is 0. The zero-order valence-electron chi connectivity index (χ0n) is 12.3. The van der Waals surface area contributed by atoms with E-state index in [1.54, 1.807) is 0 Å². The molecule has 0 radical (unpaired) electrons. The van der Waals surface area contributed by atoms with Gasteiger partial charge in [-0.15, -0.1) is 0 Å². The molecule has 0 bridgehead atoms. The van der Waals surface area contributed by atoms with Crippen LogP contribution in [0.15, 0.2) is 24.4 Å². The van der Waals surface area contributed by atoms with Crippen molar-refractivity contribution in [1.29, 1.82) is 0 Å². The molecule has 0 aliphatic rings. The van der Waals surface area contributed by atoms with Gasteiger partial charge < -0.3 is 5.32 Å². The molecule has 0 heterocycles. The van der Waals surface area contributed by atoms with Gasteiger partial charge in [0.1, 0.15) is 0 Å². The van der Waals surface area contributed by atoms with E-state index in [0.29, 0.717) is 5.92 Å². The van der Waals surface area contributed by atoms with Crippen molar-refractivity contribution < 1.29 is 0 Å². The van der Waals surface area contributed by atoms with Crippen molar-refractivity contribution in [2.75, 3.05) is 6.54 Å². The van der Waals surface area contributed by atoms with Crippen molar-refractivity contribution >= 4 is 0 Å². The minimum atomic E-state index is 0.483. The summed E-state index contributed by atoms with van der Waals surface area (Å²) in [6, 6.07) is 0. The molecule has 1 nitrogen and oxygen atoms in total. The SMILES string of the molecule is C=C(NCCC(CCC)CCC)C(=C)C(C)C. The lowest BCUT2D eigenvalue weighted by Gasteiger charge is -2.18. The molecule has 0 aliphatic carbocycles. The summed E-state index contributed by atoms with van der Waals surface area (Å²) in [6.45, 7) is 18.0. The van der Waals surface area contributed by atoms with Gasteiger partial charge in [0.05, 0.1) is 0 Å². The first-order valence-electron chi connectivity index (χ1n) is 7.14. The Kier molecular flexibility index (Phi) is 8.93. The maximum absolute atomic E-state index is 4.06. The molecule has 0 aromatic rings. The van der Waals surface area contributed by atoms with Gasteiger partial charge in [-0.05, 0) is 23.8 Å². The average molecular weight is 237 g/mol. The van der Waals surface area contributed by atoms with Crippen molar-refractivity contribution in [3.05, 3.63) is 24.4 Å². The molecule has 0 aliphatic heterocycles. The van der Waals surface area contributed by atoms with Crippen LogP contribution in [-0.4, -0.2) is 6.54 Å². The second-order valence-corrected chi connectivity index (χ2v) is 5.32. The van der Waals surface area contributed by atoms with Crippen molar-refractivity contribution in [2.24, 2.45) is 11.8 Å². The van der Waals surface area contributed by atoms with Crippen LogP contribution in [-0.2, 0) is 0 Å². The van der Waals surface area contributed by atoms with Gasteiger partial charge in [-0.1, -0.05) is 66.5 Å². The van der Waals surface area contributed by atoms with Crippen molar-refractivity contribution in [3.63, 3.8) is 0 Å². The summed E-state index contributed by atoms with van der Waals surface area (Å²) in [5, 5.41) is 3.42. The molecule has 1 heteroatoms. The van der Waals surface area contributed by atoms with Gasteiger partial charge in [0.25, 0.3) is 0 Å². The van der Waals surface area contributed by atoms with E-state index in [4.69, 9.17) is 0 Å². The Labute approximate surface area is 108 Å². The fourth-order valence-electron chi connectivity index (χ4n) is 2.14. The summed E-state index contributed by atoms with van der Waals surface area (Å²) in [4.78, 5) is 0. The highest BCUT2D eigenvalue weighted by Crippen LogP contribution is 2.18. The molecule has 0 fully saturated rings. The van der Waals surface area contributed by atoms with Crippen LogP contribution in [0.1, 0.15) is 59.8 Å². The first-order chi connectivity index (χ1) is 8.02. The molecule has 0 atom stereocenters. The molecule has 0 amide bonds. The number of hydrogen-bond acceptors (Lipinski definition) is 1. The van der Waals surface area contributed by atoms with Crippen LogP contribution in [0.5, 0.6) is 0 Å². The fourth-order valence-corrected chi connectivity index (χ4v) is 2.14. The summed E-state index contributed by atoms with van der Waals surface area (Å²) < 4.78 is 0. The lowest BCUT2D eigenvalue weighted by Crippen LogP contribution is -2.19. The van der Waals surface area contributed by atoms with Crippen molar-refractivity contribution in [3.8, 4) is 0 Å². The highest BCUT2D eigenvalue weighted by molar-refractivity contribution is 5.24. The predicted octanol–water partition coefficient (Wildman–Crippen LogP) is 4.91. The third kappa shape index (κ3) is 7.25. The van der Waals surface area contributed by atoms with E-state index in [-0.39, 0.29) is 0 Å². The summed E-state index contributed by atoms with van der Waals surface area (Å²) in [5.41, 5.74) is 2.15. The zero-order chi connectivity index (χ0) is 13.3. The molecule has 0 spiro atoms. The van der Waals surface area contributed by atoms with E-state index in [9.17, 15) is 0 Å². The third-order valence-electron chi connectivity index (χ3n) is 3.37. The van der Waals surface area contributed by atoms with Crippen LogP contribution in [0.4, 0.5) is 0 Å². The van der Waals surface area contributed by atoms with Gasteiger partial charge in [0, 0.05) is 12.2 Å². The summed E-state index contributed by atoms with van der Waals surface area (Å²) in [5.74, 6) is 1.36. The highest BCUT2D eigenvalue weighted by atomic mass is 14.9. The van der Waals surface area contributed by atoms with Gasteiger partial charge in [-0.25, -0.2) is 0 Å². The second-order valence-electron chi connectivity index (χ2n) is 5.32. The highest BCUT2D eigenvalue weighted by Gasteiger charge is 2.08. The van der Waals surface area contributed by atoms with E-state index < -0.39 is 0 Å². The average Bonchev–Trinajstić information content (AvgIpc) is 2.28. The third-order valence-corrected chi connectivity index (χ3v) is 3.37. The van der Waals surface area contributed by atoms with Crippen molar-refractivity contribution in [2.45, 2.75) is 59.8 Å². The minimum absolute atomic E-state index is 0.483. The standard InChI is InChI=1S/C16H31N/c1-7-9-16(10-8-2)11-12-17-15(6)14(5)13(3)4/h13,16-17H,5-12H2,1-4H3. The monoisotopic (exact) mass is 237 g/mol. The van der Waals surface area contributed by atoms with Gasteiger partial charge in [-0.2, -0.15) is 0 Å². The second kappa shape index (κ2) is 9.32. The Morgan fingerprint density at radius 2 is 1.53 bits per heavy atom. The Bertz CT molecular complexity index is 222. The van der Waals surface area contributed by atoms with Crippen LogP contribution >= 0.6 is 0 Å². The minimum Gasteiger partial charge on any atom is -0.385 e. The molecule has 0 saturated heterocycles. The molecular weight excluding hydrogens is 206 g/mol. The summed E-state index contributed by atoms with van der Waals surface area (Å²) in [7, 11) is 0. The summed E-state index contributed by atoms with van der Waals surface area (Å²) in [6.07, 6.45) is 6.56. The predicted molar refractivity (Wildman–Crippen MR) is 79.0 cm³/mol. The van der Waals surface area contributed by atoms with Crippen LogP contribution in [0, 0.1) is 11.8 Å².